The van der Waals surface area contributed by atoms with E-state index in [9.17, 15) is 14.4 Å². The molecule has 3 rings (SSSR count). The summed E-state index contributed by atoms with van der Waals surface area (Å²) in [5.41, 5.74) is 2.80. The van der Waals surface area contributed by atoms with Crippen LogP contribution in [0.4, 0.5) is 10.8 Å². The summed E-state index contributed by atoms with van der Waals surface area (Å²) in [4.78, 5) is 42.2. The maximum absolute atomic E-state index is 12.8. The number of amides is 2. The smallest absolute Gasteiger partial charge is 0.337 e. The van der Waals surface area contributed by atoms with Crippen LogP contribution in [0, 0.1) is 5.92 Å². The van der Waals surface area contributed by atoms with Crippen LogP contribution in [0.15, 0.2) is 23.6 Å². The molecule has 0 saturated carbocycles. The second kappa shape index (κ2) is 7.87. The van der Waals surface area contributed by atoms with Gasteiger partial charge in [0.1, 0.15) is 0 Å². The molecule has 0 saturated heterocycles. The molecule has 0 fully saturated rings. The lowest BCUT2D eigenvalue weighted by Gasteiger charge is -2.17. The quantitative estimate of drug-likeness (QED) is 0.797. The van der Waals surface area contributed by atoms with Crippen LogP contribution in [-0.4, -0.2) is 36.4 Å². The Morgan fingerprint density at radius 3 is 2.81 bits per heavy atom. The fraction of sp³-hybridized carbons (Fsp3) is 0.368. The standard InChI is InChI=1S/C19H21N3O4S/c1-11(2)17(24)21-19-20-14(10-27-19)9-16(23)22-7-6-12-4-5-13(8-15(12)22)18(25)26-3/h4-5,8,10-11H,6-7,9H2,1-3H3,(H,20,21,24). The highest BCUT2D eigenvalue weighted by molar-refractivity contribution is 7.13. The first kappa shape index (κ1) is 19.0. The first-order valence-electron chi connectivity index (χ1n) is 8.66. The zero-order valence-electron chi connectivity index (χ0n) is 15.4. The van der Waals surface area contributed by atoms with Crippen LogP contribution in [0.25, 0.3) is 0 Å². The van der Waals surface area contributed by atoms with Crippen LogP contribution in [-0.2, 0) is 27.2 Å². The lowest BCUT2D eigenvalue weighted by molar-refractivity contribution is -0.119. The molecule has 7 nitrogen and oxygen atoms in total. The Morgan fingerprint density at radius 2 is 2.11 bits per heavy atom. The summed E-state index contributed by atoms with van der Waals surface area (Å²) in [6.45, 7) is 4.18. The third-order valence-corrected chi connectivity index (χ3v) is 5.15. The Labute approximate surface area is 161 Å². The summed E-state index contributed by atoms with van der Waals surface area (Å²) in [7, 11) is 1.33. The van der Waals surface area contributed by atoms with Crippen molar-refractivity contribution in [1.29, 1.82) is 0 Å². The van der Waals surface area contributed by atoms with Crippen molar-refractivity contribution in [2.75, 3.05) is 23.9 Å². The van der Waals surface area contributed by atoms with E-state index >= 15 is 0 Å². The first-order valence-corrected chi connectivity index (χ1v) is 9.54. The minimum atomic E-state index is -0.429. The first-order chi connectivity index (χ1) is 12.9. The molecule has 1 aromatic carbocycles. The van der Waals surface area contributed by atoms with Crippen molar-refractivity contribution in [1.82, 2.24) is 4.98 Å². The second-order valence-electron chi connectivity index (χ2n) is 6.60. The summed E-state index contributed by atoms with van der Waals surface area (Å²) < 4.78 is 4.75. The van der Waals surface area contributed by atoms with Crippen molar-refractivity contribution in [3.8, 4) is 0 Å². The molecule has 0 spiro atoms. The van der Waals surface area contributed by atoms with Gasteiger partial charge in [0, 0.05) is 23.5 Å². The highest BCUT2D eigenvalue weighted by Gasteiger charge is 2.26. The second-order valence-corrected chi connectivity index (χ2v) is 7.45. The number of nitrogens with one attached hydrogen (secondary N) is 1. The summed E-state index contributed by atoms with van der Waals surface area (Å²) in [5, 5.41) is 5.00. The van der Waals surface area contributed by atoms with E-state index in [4.69, 9.17) is 4.74 Å². The van der Waals surface area contributed by atoms with Gasteiger partial charge in [0.25, 0.3) is 0 Å². The number of carbonyl (C=O) groups is 3. The van der Waals surface area contributed by atoms with Gasteiger partial charge >= 0.3 is 5.97 Å². The van der Waals surface area contributed by atoms with E-state index in [0.717, 1.165) is 17.7 Å². The van der Waals surface area contributed by atoms with Gasteiger partial charge in [-0.15, -0.1) is 11.3 Å². The number of thiazole rings is 1. The molecule has 142 valence electrons. The highest BCUT2D eigenvalue weighted by atomic mass is 32.1. The molecule has 2 aromatic rings. The minimum absolute atomic E-state index is 0.0946. The Kier molecular flexibility index (Phi) is 5.55. The predicted octanol–water partition coefficient (Wildman–Crippen LogP) is 2.66. The molecule has 2 heterocycles. The van der Waals surface area contributed by atoms with Gasteiger partial charge in [-0.2, -0.15) is 0 Å². The molecular weight excluding hydrogens is 366 g/mol. The van der Waals surface area contributed by atoms with E-state index in [-0.39, 0.29) is 24.2 Å². The Hall–Kier alpha value is -2.74. The number of hydrogen-bond donors (Lipinski definition) is 1. The SMILES string of the molecule is COC(=O)c1ccc2c(c1)N(C(=O)Cc1csc(NC(=O)C(C)C)n1)CC2. The van der Waals surface area contributed by atoms with Gasteiger partial charge in [0.15, 0.2) is 5.13 Å². The molecule has 0 unspecified atom stereocenters. The van der Waals surface area contributed by atoms with Gasteiger partial charge in [-0.3, -0.25) is 9.59 Å². The zero-order chi connectivity index (χ0) is 19.6. The van der Waals surface area contributed by atoms with Gasteiger partial charge in [-0.05, 0) is 24.1 Å². The van der Waals surface area contributed by atoms with E-state index in [1.165, 1.54) is 18.4 Å². The number of hydrogen-bond acceptors (Lipinski definition) is 6. The van der Waals surface area contributed by atoms with Crippen molar-refractivity contribution in [2.24, 2.45) is 5.92 Å². The monoisotopic (exact) mass is 387 g/mol. The molecule has 0 aliphatic carbocycles. The molecular formula is C19H21N3O4S. The number of anilines is 2. The van der Waals surface area contributed by atoms with Crippen molar-refractivity contribution in [3.63, 3.8) is 0 Å². The number of benzene rings is 1. The Balaban J connectivity index is 1.71. The van der Waals surface area contributed by atoms with Crippen molar-refractivity contribution in [2.45, 2.75) is 26.7 Å². The maximum Gasteiger partial charge on any atom is 0.337 e. The molecule has 1 N–H and O–H groups in total. The summed E-state index contributed by atoms with van der Waals surface area (Å²) in [6, 6.07) is 5.27. The normalized spacial score (nSPS) is 12.8. The van der Waals surface area contributed by atoms with Gasteiger partial charge in [-0.25, -0.2) is 9.78 Å². The Bertz CT molecular complexity index is 891. The zero-order valence-corrected chi connectivity index (χ0v) is 16.3. The van der Waals surface area contributed by atoms with Crippen molar-refractivity contribution in [3.05, 3.63) is 40.4 Å². The summed E-state index contributed by atoms with van der Waals surface area (Å²) >= 11 is 1.30. The average molecular weight is 387 g/mol. The van der Waals surface area contributed by atoms with Crippen LogP contribution in [0.1, 0.15) is 35.5 Å². The molecule has 8 heteroatoms. The fourth-order valence-corrected chi connectivity index (χ4v) is 3.54. The molecule has 27 heavy (non-hydrogen) atoms. The number of aromatic nitrogens is 1. The molecule has 0 atom stereocenters. The number of rotatable bonds is 5. The number of carbonyl (C=O) groups excluding carboxylic acids is 3. The third-order valence-electron chi connectivity index (χ3n) is 4.34. The van der Waals surface area contributed by atoms with Gasteiger partial charge in [0.2, 0.25) is 11.8 Å². The van der Waals surface area contributed by atoms with E-state index in [2.05, 4.69) is 10.3 Å². The van der Waals surface area contributed by atoms with E-state index in [1.807, 2.05) is 6.07 Å². The largest absolute Gasteiger partial charge is 0.465 e. The third kappa shape index (κ3) is 4.16. The molecule has 2 amide bonds. The van der Waals surface area contributed by atoms with Crippen molar-refractivity contribution < 1.29 is 19.1 Å². The highest BCUT2D eigenvalue weighted by Crippen LogP contribution is 2.30. The van der Waals surface area contributed by atoms with Crippen LogP contribution in [0.2, 0.25) is 0 Å². The molecule has 1 aromatic heterocycles. The van der Waals surface area contributed by atoms with Crippen molar-refractivity contribution >= 4 is 39.9 Å². The van der Waals surface area contributed by atoms with Crippen LogP contribution >= 0.6 is 11.3 Å². The topological polar surface area (TPSA) is 88.6 Å². The van der Waals surface area contributed by atoms with E-state index in [0.29, 0.717) is 22.9 Å². The number of nitrogens with zero attached hydrogens (tertiary/aromatic N) is 2. The van der Waals surface area contributed by atoms with Crippen LogP contribution in [0.5, 0.6) is 0 Å². The lowest BCUT2D eigenvalue weighted by Crippen LogP contribution is -2.30. The number of fused-ring (bicyclic) bond motifs is 1. The number of ether oxygens (including phenoxy) is 1. The maximum atomic E-state index is 12.8. The summed E-state index contributed by atoms with van der Waals surface area (Å²) in [6.07, 6.45) is 0.880. The van der Waals surface area contributed by atoms with Crippen LogP contribution < -0.4 is 10.2 Å². The van der Waals surface area contributed by atoms with Crippen LogP contribution in [0.3, 0.4) is 0 Å². The Morgan fingerprint density at radius 1 is 1.33 bits per heavy atom. The lowest BCUT2D eigenvalue weighted by atomic mass is 10.1. The van der Waals surface area contributed by atoms with Gasteiger partial charge in [0.05, 0.1) is 24.8 Å². The fourth-order valence-electron chi connectivity index (χ4n) is 2.83. The molecule has 1 aliphatic heterocycles. The van der Waals surface area contributed by atoms with Gasteiger partial charge in [-0.1, -0.05) is 19.9 Å². The molecule has 0 bridgehead atoms. The minimum Gasteiger partial charge on any atom is -0.465 e. The van der Waals surface area contributed by atoms with Gasteiger partial charge < -0.3 is 15.0 Å². The molecule has 1 aliphatic rings. The van der Waals surface area contributed by atoms with E-state index < -0.39 is 5.97 Å². The summed E-state index contributed by atoms with van der Waals surface area (Å²) in [5.74, 6) is -0.764. The van der Waals surface area contributed by atoms with E-state index in [1.54, 1.807) is 36.3 Å². The predicted molar refractivity (Wildman–Crippen MR) is 103 cm³/mol. The average Bonchev–Trinajstić information content (AvgIpc) is 3.26. The number of methoxy groups -OCH3 is 1. The molecule has 0 radical (unpaired) electrons. The number of esters is 1.